The minimum atomic E-state index is -1.18. The van der Waals surface area contributed by atoms with Crippen molar-refractivity contribution in [3.8, 4) is 0 Å². The van der Waals surface area contributed by atoms with E-state index in [1.54, 1.807) is 0 Å². The first kappa shape index (κ1) is 11.4. The van der Waals surface area contributed by atoms with Gasteiger partial charge in [-0.1, -0.05) is 0 Å². The number of thiol groups is 1. The maximum atomic E-state index is 10.5. The van der Waals surface area contributed by atoms with Gasteiger partial charge < -0.3 is 15.3 Å². The molecule has 78 valence electrons. The molecular weight excluding hydrogens is 226 g/mol. The molecule has 0 aliphatic rings. The number of aromatic nitrogens is 1. The van der Waals surface area contributed by atoms with Gasteiger partial charge in [-0.05, 0) is 0 Å². The summed E-state index contributed by atoms with van der Waals surface area (Å²) in [5.74, 6) is -1.01. The van der Waals surface area contributed by atoms with Crippen LogP contribution in [0.1, 0.15) is 20.8 Å². The van der Waals surface area contributed by atoms with Gasteiger partial charge >= 0.3 is 5.97 Å². The summed E-state index contributed by atoms with van der Waals surface area (Å²) in [6, 6.07) is 0. The standard InChI is InChI=1S/C7H9NO4S2/c9-3(2-13)5(10)6-8-1-4(14-6)7(11)12/h1,3,5,9-10,13H,2H2,(H,11,12). The van der Waals surface area contributed by atoms with E-state index in [0.717, 1.165) is 17.5 Å². The number of thiazole rings is 1. The van der Waals surface area contributed by atoms with E-state index in [9.17, 15) is 15.0 Å². The van der Waals surface area contributed by atoms with Gasteiger partial charge in [-0.3, -0.25) is 0 Å². The van der Waals surface area contributed by atoms with E-state index in [0.29, 0.717) is 0 Å². The first-order valence-corrected chi connectivity index (χ1v) is 5.17. The lowest BCUT2D eigenvalue weighted by Gasteiger charge is -2.12. The number of carbonyl (C=O) groups is 1. The first-order chi connectivity index (χ1) is 6.56. The van der Waals surface area contributed by atoms with Crippen molar-refractivity contribution < 1.29 is 20.1 Å². The van der Waals surface area contributed by atoms with Crippen LogP contribution in [-0.2, 0) is 0 Å². The van der Waals surface area contributed by atoms with Crippen LogP contribution in [0.15, 0.2) is 6.20 Å². The van der Waals surface area contributed by atoms with Gasteiger partial charge in [0.25, 0.3) is 0 Å². The van der Waals surface area contributed by atoms with Crippen LogP contribution >= 0.6 is 24.0 Å². The quantitative estimate of drug-likeness (QED) is 0.558. The minimum Gasteiger partial charge on any atom is -0.477 e. The van der Waals surface area contributed by atoms with Crippen molar-refractivity contribution >= 4 is 29.9 Å². The van der Waals surface area contributed by atoms with E-state index >= 15 is 0 Å². The normalized spacial score (nSPS) is 15.1. The zero-order valence-electron chi connectivity index (χ0n) is 6.99. The maximum absolute atomic E-state index is 10.5. The Morgan fingerprint density at radius 2 is 2.29 bits per heavy atom. The molecule has 0 aromatic carbocycles. The summed E-state index contributed by atoms with van der Waals surface area (Å²) < 4.78 is 0. The molecular formula is C7H9NO4S2. The average molecular weight is 235 g/mol. The Morgan fingerprint density at radius 3 is 2.71 bits per heavy atom. The van der Waals surface area contributed by atoms with Crippen molar-refractivity contribution in [1.29, 1.82) is 0 Å². The molecule has 0 aliphatic heterocycles. The lowest BCUT2D eigenvalue weighted by atomic mass is 10.2. The van der Waals surface area contributed by atoms with E-state index in [-0.39, 0.29) is 15.6 Å². The van der Waals surface area contributed by atoms with Crippen LogP contribution in [0.25, 0.3) is 0 Å². The minimum absolute atomic E-state index is 0.0328. The van der Waals surface area contributed by atoms with Crippen LogP contribution < -0.4 is 0 Å². The number of hydrogen-bond donors (Lipinski definition) is 4. The van der Waals surface area contributed by atoms with Crippen molar-refractivity contribution in [1.82, 2.24) is 4.98 Å². The number of nitrogens with zero attached hydrogens (tertiary/aromatic N) is 1. The van der Waals surface area contributed by atoms with Gasteiger partial charge in [0.1, 0.15) is 16.0 Å². The van der Waals surface area contributed by atoms with Crippen molar-refractivity contribution in [3.63, 3.8) is 0 Å². The molecule has 1 heterocycles. The second-order valence-electron chi connectivity index (χ2n) is 2.56. The van der Waals surface area contributed by atoms with E-state index in [1.165, 1.54) is 0 Å². The van der Waals surface area contributed by atoms with Crippen LogP contribution in [0.2, 0.25) is 0 Å². The highest BCUT2D eigenvalue weighted by atomic mass is 32.1. The van der Waals surface area contributed by atoms with E-state index in [2.05, 4.69) is 17.6 Å². The highest BCUT2D eigenvalue weighted by Gasteiger charge is 2.21. The van der Waals surface area contributed by atoms with Gasteiger partial charge in [0, 0.05) is 5.75 Å². The molecule has 14 heavy (non-hydrogen) atoms. The third kappa shape index (κ3) is 2.44. The smallest absolute Gasteiger partial charge is 0.347 e. The van der Waals surface area contributed by atoms with E-state index in [1.807, 2.05) is 0 Å². The zero-order chi connectivity index (χ0) is 10.7. The number of aliphatic hydroxyl groups excluding tert-OH is 2. The SMILES string of the molecule is O=C(O)c1cnc(C(O)C(O)CS)s1. The molecule has 0 amide bonds. The first-order valence-electron chi connectivity index (χ1n) is 3.72. The fraction of sp³-hybridized carbons (Fsp3) is 0.429. The Morgan fingerprint density at radius 1 is 1.64 bits per heavy atom. The molecule has 0 saturated heterocycles. The third-order valence-corrected chi connectivity index (χ3v) is 2.97. The van der Waals surface area contributed by atoms with Crippen LogP contribution in [0.5, 0.6) is 0 Å². The summed E-state index contributed by atoms with van der Waals surface area (Å²) in [6.45, 7) is 0. The topological polar surface area (TPSA) is 90.7 Å². The van der Waals surface area contributed by atoms with Crippen LogP contribution in [0, 0.1) is 0 Å². The molecule has 0 fully saturated rings. The van der Waals surface area contributed by atoms with Gasteiger partial charge in [0.15, 0.2) is 0 Å². The molecule has 3 N–H and O–H groups in total. The van der Waals surface area contributed by atoms with Gasteiger partial charge in [-0.2, -0.15) is 12.6 Å². The zero-order valence-corrected chi connectivity index (χ0v) is 8.70. The molecule has 0 bridgehead atoms. The van der Waals surface area contributed by atoms with Crippen LogP contribution in [0.4, 0.5) is 0 Å². The number of carboxylic acid groups (broad SMARTS) is 1. The Balaban J connectivity index is 2.81. The Kier molecular flexibility index (Phi) is 3.87. The van der Waals surface area contributed by atoms with Gasteiger partial charge in [0.05, 0.1) is 12.3 Å². The molecule has 0 aliphatic carbocycles. The van der Waals surface area contributed by atoms with Crippen molar-refractivity contribution in [3.05, 3.63) is 16.1 Å². The molecule has 0 saturated carbocycles. The summed E-state index contributed by atoms with van der Waals surface area (Å²) in [5.41, 5.74) is 0. The highest BCUT2D eigenvalue weighted by Crippen LogP contribution is 2.23. The van der Waals surface area contributed by atoms with Gasteiger partial charge in [-0.15, -0.1) is 11.3 Å². The monoisotopic (exact) mass is 235 g/mol. The number of carboxylic acids is 1. The largest absolute Gasteiger partial charge is 0.477 e. The van der Waals surface area contributed by atoms with E-state index < -0.39 is 18.2 Å². The Labute approximate surface area is 89.5 Å². The molecule has 1 rings (SSSR count). The Bertz CT molecular complexity index is 327. The number of aliphatic hydroxyl groups is 2. The lowest BCUT2D eigenvalue weighted by molar-refractivity contribution is 0.0336. The Hall–Kier alpha value is -0.630. The number of aromatic carboxylic acids is 1. The second kappa shape index (κ2) is 4.74. The van der Waals surface area contributed by atoms with Crippen molar-refractivity contribution in [2.24, 2.45) is 0 Å². The third-order valence-electron chi connectivity index (χ3n) is 1.54. The number of rotatable bonds is 4. The predicted molar refractivity (Wildman–Crippen MR) is 53.9 cm³/mol. The molecule has 1 aromatic heterocycles. The van der Waals surface area contributed by atoms with Crippen molar-refractivity contribution in [2.75, 3.05) is 5.75 Å². The van der Waals surface area contributed by atoms with E-state index in [4.69, 9.17) is 5.11 Å². The fourth-order valence-electron chi connectivity index (χ4n) is 0.788. The lowest BCUT2D eigenvalue weighted by Crippen LogP contribution is -2.19. The predicted octanol–water partition coefficient (Wildman–Crippen LogP) is 0.165. The summed E-state index contributed by atoms with van der Waals surface area (Å²) >= 11 is 4.64. The molecule has 2 atom stereocenters. The van der Waals surface area contributed by atoms with Gasteiger partial charge in [0.2, 0.25) is 0 Å². The average Bonchev–Trinajstić information content (AvgIpc) is 2.64. The highest BCUT2D eigenvalue weighted by molar-refractivity contribution is 7.80. The summed E-state index contributed by atoms with van der Waals surface area (Å²) in [7, 11) is 0. The molecule has 2 unspecified atom stereocenters. The molecule has 0 spiro atoms. The number of hydrogen-bond acceptors (Lipinski definition) is 6. The maximum Gasteiger partial charge on any atom is 0.347 e. The van der Waals surface area contributed by atoms with Crippen LogP contribution in [0.3, 0.4) is 0 Å². The fourth-order valence-corrected chi connectivity index (χ4v) is 1.79. The summed E-state index contributed by atoms with van der Waals surface area (Å²) in [4.78, 5) is 14.2. The summed E-state index contributed by atoms with van der Waals surface area (Å²) in [6.07, 6.45) is -1.06. The molecule has 0 radical (unpaired) electrons. The second-order valence-corrected chi connectivity index (χ2v) is 3.99. The summed E-state index contributed by atoms with van der Waals surface area (Å²) in [5, 5.41) is 27.4. The van der Waals surface area contributed by atoms with Gasteiger partial charge in [-0.25, -0.2) is 9.78 Å². The molecule has 7 heteroatoms. The molecule has 5 nitrogen and oxygen atoms in total. The van der Waals surface area contributed by atoms with Crippen molar-refractivity contribution in [2.45, 2.75) is 12.2 Å². The molecule has 1 aromatic rings. The van der Waals surface area contributed by atoms with Crippen LogP contribution in [-0.4, -0.2) is 38.1 Å².